The predicted octanol–water partition coefficient (Wildman–Crippen LogP) is 4.20. The molecule has 2 aromatic carbocycles. The number of methoxy groups -OCH3 is 1. The van der Waals surface area contributed by atoms with E-state index in [4.69, 9.17) is 9.47 Å². The van der Waals surface area contributed by atoms with Gasteiger partial charge in [0, 0.05) is 13.1 Å². The summed E-state index contributed by atoms with van der Waals surface area (Å²) in [6.07, 6.45) is 3.87. The number of thioether (sulfide) groups is 1. The van der Waals surface area contributed by atoms with Crippen LogP contribution in [0.5, 0.6) is 11.5 Å². The number of carbonyl (C=O) groups is 2. The Balaban J connectivity index is 1.46. The number of aliphatic imine (C=N–C) groups is 1. The van der Waals surface area contributed by atoms with E-state index in [9.17, 15) is 9.59 Å². The number of amides is 2. The van der Waals surface area contributed by atoms with Gasteiger partial charge in [-0.3, -0.25) is 9.59 Å². The fraction of sp³-hybridized carbons (Fsp3) is 0.320. The van der Waals surface area contributed by atoms with Crippen molar-refractivity contribution >= 4 is 40.5 Å². The number of likely N-dealkylation sites (tertiary alicyclic amines) is 1. The molecule has 2 fully saturated rings. The molecule has 0 atom stereocenters. The van der Waals surface area contributed by atoms with Crippen molar-refractivity contribution in [2.75, 3.05) is 26.8 Å². The summed E-state index contributed by atoms with van der Waals surface area (Å²) in [5, 5.41) is 3.37. The molecule has 2 aliphatic rings. The summed E-state index contributed by atoms with van der Waals surface area (Å²) in [6.45, 7) is 5.57. The second-order valence-corrected chi connectivity index (χ2v) is 9.09. The van der Waals surface area contributed by atoms with E-state index in [1.54, 1.807) is 25.3 Å². The fourth-order valence-corrected chi connectivity index (χ4v) is 4.51. The number of rotatable bonds is 6. The molecule has 33 heavy (non-hydrogen) atoms. The van der Waals surface area contributed by atoms with Crippen LogP contribution in [0, 0.1) is 13.8 Å². The molecule has 0 saturated carbocycles. The third-order valence-electron chi connectivity index (χ3n) is 5.53. The Bertz CT molecular complexity index is 1140. The molecule has 0 spiro atoms. The quantitative estimate of drug-likeness (QED) is 0.647. The monoisotopic (exact) mass is 465 g/mol. The number of nitrogens with zero attached hydrogens (tertiary/aromatic N) is 2. The van der Waals surface area contributed by atoms with Gasteiger partial charge in [-0.05, 0) is 79.4 Å². The number of ether oxygens (including phenoxy) is 2. The lowest BCUT2D eigenvalue weighted by Gasteiger charge is -2.16. The first-order valence-electron chi connectivity index (χ1n) is 10.9. The SMILES string of the molecule is COc1cc(/C=C2\SC(=Nc3cc(C)ccc3C)NC2=O)ccc1OCC(=O)N1CCCC1. The van der Waals surface area contributed by atoms with Gasteiger partial charge in [-0.1, -0.05) is 18.2 Å². The number of aryl methyl sites for hydroxylation is 2. The normalized spacial score (nSPS) is 18.2. The van der Waals surface area contributed by atoms with Crippen molar-refractivity contribution in [1.82, 2.24) is 10.2 Å². The minimum Gasteiger partial charge on any atom is -0.493 e. The van der Waals surface area contributed by atoms with Gasteiger partial charge in [0.1, 0.15) is 0 Å². The highest BCUT2D eigenvalue weighted by molar-refractivity contribution is 8.18. The summed E-state index contributed by atoms with van der Waals surface area (Å²) >= 11 is 1.30. The van der Waals surface area contributed by atoms with Gasteiger partial charge in [0.25, 0.3) is 11.8 Å². The first-order valence-corrected chi connectivity index (χ1v) is 11.7. The lowest BCUT2D eigenvalue weighted by molar-refractivity contribution is -0.132. The summed E-state index contributed by atoms with van der Waals surface area (Å²) < 4.78 is 11.2. The molecule has 0 unspecified atom stereocenters. The molecule has 2 heterocycles. The van der Waals surface area contributed by atoms with Gasteiger partial charge in [0.15, 0.2) is 23.3 Å². The number of hydrogen-bond acceptors (Lipinski definition) is 6. The van der Waals surface area contributed by atoms with Crippen molar-refractivity contribution in [2.24, 2.45) is 4.99 Å². The van der Waals surface area contributed by atoms with Crippen molar-refractivity contribution in [3.8, 4) is 11.5 Å². The molecule has 0 bridgehead atoms. The van der Waals surface area contributed by atoms with Crippen LogP contribution in [0.1, 0.15) is 29.5 Å². The van der Waals surface area contributed by atoms with Gasteiger partial charge in [0.2, 0.25) is 0 Å². The van der Waals surface area contributed by atoms with Crippen LogP contribution < -0.4 is 14.8 Å². The smallest absolute Gasteiger partial charge is 0.264 e. The average molecular weight is 466 g/mol. The predicted molar refractivity (Wildman–Crippen MR) is 131 cm³/mol. The molecule has 172 valence electrons. The van der Waals surface area contributed by atoms with E-state index in [2.05, 4.69) is 10.3 Å². The number of hydrogen-bond donors (Lipinski definition) is 1. The topological polar surface area (TPSA) is 80.2 Å². The summed E-state index contributed by atoms with van der Waals surface area (Å²) in [4.78, 5) is 31.7. The van der Waals surface area contributed by atoms with Crippen LogP contribution in [-0.2, 0) is 9.59 Å². The Morgan fingerprint density at radius 2 is 1.94 bits per heavy atom. The van der Waals surface area contributed by atoms with Gasteiger partial charge < -0.3 is 19.7 Å². The summed E-state index contributed by atoms with van der Waals surface area (Å²) in [5.41, 5.74) is 3.78. The second kappa shape index (κ2) is 10.1. The molecule has 8 heteroatoms. The van der Waals surface area contributed by atoms with Crippen LogP contribution >= 0.6 is 11.8 Å². The molecular formula is C25H27N3O4S. The molecule has 1 N–H and O–H groups in total. The first kappa shape index (κ1) is 22.9. The third kappa shape index (κ3) is 5.57. The Labute approximate surface area is 197 Å². The van der Waals surface area contributed by atoms with E-state index >= 15 is 0 Å². The molecule has 2 amide bonds. The molecule has 7 nitrogen and oxygen atoms in total. The maximum absolute atomic E-state index is 12.5. The Morgan fingerprint density at radius 3 is 2.70 bits per heavy atom. The van der Waals surface area contributed by atoms with Gasteiger partial charge in [-0.2, -0.15) is 0 Å². The van der Waals surface area contributed by atoms with E-state index < -0.39 is 0 Å². The summed E-state index contributed by atoms with van der Waals surface area (Å²) in [7, 11) is 1.55. The van der Waals surface area contributed by atoms with Crippen molar-refractivity contribution in [3.63, 3.8) is 0 Å². The van der Waals surface area contributed by atoms with Crippen LogP contribution in [0.4, 0.5) is 5.69 Å². The van der Waals surface area contributed by atoms with Gasteiger partial charge in [0.05, 0.1) is 17.7 Å². The highest BCUT2D eigenvalue weighted by atomic mass is 32.2. The fourth-order valence-electron chi connectivity index (χ4n) is 3.67. The van der Waals surface area contributed by atoms with Gasteiger partial charge in [-0.15, -0.1) is 0 Å². The van der Waals surface area contributed by atoms with E-state index in [1.165, 1.54) is 11.8 Å². The largest absolute Gasteiger partial charge is 0.493 e. The van der Waals surface area contributed by atoms with Crippen LogP contribution in [0.25, 0.3) is 6.08 Å². The van der Waals surface area contributed by atoms with Crippen molar-refractivity contribution in [2.45, 2.75) is 26.7 Å². The lowest BCUT2D eigenvalue weighted by atomic mass is 10.1. The maximum Gasteiger partial charge on any atom is 0.264 e. The first-order chi connectivity index (χ1) is 15.9. The zero-order chi connectivity index (χ0) is 23.4. The number of amidine groups is 1. The minimum absolute atomic E-state index is 0.0181. The van der Waals surface area contributed by atoms with E-state index in [0.29, 0.717) is 21.6 Å². The molecule has 0 aliphatic carbocycles. The zero-order valence-corrected chi connectivity index (χ0v) is 19.8. The van der Waals surface area contributed by atoms with Crippen LogP contribution in [-0.4, -0.2) is 48.7 Å². The van der Waals surface area contributed by atoms with Crippen molar-refractivity contribution < 1.29 is 19.1 Å². The number of carbonyl (C=O) groups excluding carboxylic acids is 2. The number of benzene rings is 2. The van der Waals surface area contributed by atoms with E-state index in [0.717, 1.165) is 48.3 Å². The average Bonchev–Trinajstić information content (AvgIpc) is 3.45. The van der Waals surface area contributed by atoms with Crippen LogP contribution in [0.15, 0.2) is 46.3 Å². The molecule has 2 saturated heterocycles. The Kier molecular flexibility index (Phi) is 7.03. The van der Waals surface area contributed by atoms with Crippen molar-refractivity contribution in [3.05, 3.63) is 58.0 Å². The van der Waals surface area contributed by atoms with Gasteiger partial charge in [-0.25, -0.2) is 4.99 Å². The maximum atomic E-state index is 12.5. The molecule has 2 aromatic rings. The van der Waals surface area contributed by atoms with E-state index in [1.807, 2.05) is 43.0 Å². The highest BCUT2D eigenvalue weighted by Gasteiger charge is 2.24. The molecule has 4 rings (SSSR count). The van der Waals surface area contributed by atoms with E-state index in [-0.39, 0.29) is 18.4 Å². The number of nitrogens with one attached hydrogen (secondary N) is 1. The summed E-state index contributed by atoms with van der Waals surface area (Å²) in [6, 6.07) is 11.4. The second-order valence-electron chi connectivity index (χ2n) is 8.06. The Morgan fingerprint density at radius 1 is 1.15 bits per heavy atom. The standard InChI is InChI=1S/C25H27N3O4S/c1-16-6-7-17(2)19(12-16)26-25-27-24(30)22(33-25)14-18-8-9-20(21(13-18)31-3)32-15-23(29)28-10-4-5-11-28/h6-9,12-14H,4-5,10-11,15H2,1-3H3,(H,26,27,30)/b22-14-. The van der Waals surface area contributed by atoms with Crippen LogP contribution in [0.2, 0.25) is 0 Å². The zero-order valence-electron chi connectivity index (χ0n) is 19.0. The molecule has 0 aromatic heterocycles. The lowest BCUT2D eigenvalue weighted by Crippen LogP contribution is -2.32. The van der Waals surface area contributed by atoms with Crippen LogP contribution in [0.3, 0.4) is 0 Å². The molecule has 2 aliphatic heterocycles. The third-order valence-corrected chi connectivity index (χ3v) is 6.44. The Hall–Kier alpha value is -3.26. The molecular weight excluding hydrogens is 438 g/mol. The summed E-state index contributed by atoms with van der Waals surface area (Å²) in [5.74, 6) is 0.786. The van der Waals surface area contributed by atoms with Gasteiger partial charge >= 0.3 is 0 Å². The van der Waals surface area contributed by atoms with Crippen molar-refractivity contribution in [1.29, 1.82) is 0 Å². The molecule has 0 radical (unpaired) electrons. The minimum atomic E-state index is -0.195. The highest BCUT2D eigenvalue weighted by Crippen LogP contribution is 2.33.